The summed E-state index contributed by atoms with van der Waals surface area (Å²) >= 11 is 0. The summed E-state index contributed by atoms with van der Waals surface area (Å²) in [5, 5.41) is 0. The minimum atomic E-state index is 0.501. The first-order valence-corrected chi connectivity index (χ1v) is 10.3. The van der Waals surface area contributed by atoms with Crippen LogP contribution in [-0.2, 0) is 4.74 Å². The molecule has 134 valence electrons. The van der Waals surface area contributed by atoms with Crippen molar-refractivity contribution in [3.05, 3.63) is 24.3 Å². The molecule has 0 aromatic carbocycles. The van der Waals surface area contributed by atoms with Crippen LogP contribution >= 0.6 is 0 Å². The Bertz CT molecular complexity index is 394. The number of hydrogen-bond donors (Lipinski definition) is 0. The van der Waals surface area contributed by atoms with E-state index in [0.29, 0.717) is 12.0 Å². The van der Waals surface area contributed by atoms with E-state index in [2.05, 4.69) is 50.0 Å². The molecule has 2 aliphatic rings. The maximum Gasteiger partial charge on any atom is 0.0575 e. The van der Waals surface area contributed by atoms with E-state index in [-0.39, 0.29) is 0 Å². The van der Waals surface area contributed by atoms with Crippen LogP contribution in [0.4, 0.5) is 0 Å². The first kappa shape index (κ1) is 19.3. The van der Waals surface area contributed by atoms with Crippen molar-refractivity contribution < 1.29 is 4.74 Å². The van der Waals surface area contributed by atoms with Crippen LogP contribution in [-0.4, -0.2) is 12.7 Å². The van der Waals surface area contributed by atoms with Crippen molar-refractivity contribution in [2.75, 3.05) is 6.61 Å². The number of hydrogen-bond acceptors (Lipinski definition) is 1. The van der Waals surface area contributed by atoms with Crippen molar-refractivity contribution in [2.45, 2.75) is 84.2 Å². The lowest BCUT2D eigenvalue weighted by atomic mass is 9.80. The van der Waals surface area contributed by atoms with Crippen LogP contribution in [0.3, 0.4) is 0 Å². The second kappa shape index (κ2) is 11.5. The molecule has 0 radical (unpaired) electrons. The summed E-state index contributed by atoms with van der Waals surface area (Å²) in [5.41, 5.74) is 0. The molecular weight excluding hydrogens is 292 g/mol. The molecule has 0 N–H and O–H groups in total. The van der Waals surface area contributed by atoms with E-state index < -0.39 is 0 Å². The van der Waals surface area contributed by atoms with E-state index in [0.717, 1.165) is 18.4 Å². The summed E-state index contributed by atoms with van der Waals surface area (Å²) < 4.78 is 5.71. The molecule has 0 aromatic heterocycles. The zero-order valence-electron chi connectivity index (χ0n) is 15.8. The highest BCUT2D eigenvalue weighted by Gasteiger charge is 2.19. The van der Waals surface area contributed by atoms with Crippen molar-refractivity contribution in [2.24, 2.45) is 17.8 Å². The van der Waals surface area contributed by atoms with Gasteiger partial charge in [-0.2, -0.15) is 0 Å². The van der Waals surface area contributed by atoms with Gasteiger partial charge in [-0.05, 0) is 88.2 Å². The Morgan fingerprint density at radius 2 is 1.33 bits per heavy atom. The fourth-order valence-electron chi connectivity index (χ4n) is 4.23. The molecule has 0 aromatic rings. The van der Waals surface area contributed by atoms with Crippen LogP contribution in [0.5, 0.6) is 0 Å². The Balaban J connectivity index is 1.62. The molecule has 0 bridgehead atoms. The van der Waals surface area contributed by atoms with Crippen LogP contribution in [0, 0.1) is 29.6 Å². The minimum Gasteiger partial charge on any atom is -0.379 e. The molecule has 2 rings (SSSR count). The highest BCUT2D eigenvalue weighted by molar-refractivity contribution is 5.24. The Morgan fingerprint density at radius 1 is 0.792 bits per heavy atom. The Hall–Kier alpha value is -1.00. The highest BCUT2D eigenvalue weighted by atomic mass is 16.5. The summed E-state index contributed by atoms with van der Waals surface area (Å²) in [6, 6.07) is 0. The SMILES string of the molecule is CCCC1CCC(/C=C/C#C/C=C/C2CCC(OCC)CC2)CC1. The first-order valence-electron chi connectivity index (χ1n) is 10.3. The van der Waals surface area contributed by atoms with E-state index in [1.54, 1.807) is 0 Å². The van der Waals surface area contributed by atoms with Crippen molar-refractivity contribution in [1.29, 1.82) is 0 Å². The van der Waals surface area contributed by atoms with Gasteiger partial charge < -0.3 is 4.74 Å². The molecule has 2 aliphatic carbocycles. The molecule has 1 nitrogen and oxygen atoms in total. The second-order valence-electron chi connectivity index (χ2n) is 7.57. The van der Waals surface area contributed by atoms with Gasteiger partial charge in [-0.3, -0.25) is 0 Å². The maximum atomic E-state index is 5.71. The number of rotatable bonds is 6. The van der Waals surface area contributed by atoms with Gasteiger partial charge in [0.2, 0.25) is 0 Å². The van der Waals surface area contributed by atoms with Gasteiger partial charge in [0, 0.05) is 6.61 Å². The fraction of sp³-hybridized carbons (Fsp3) is 0.739. The smallest absolute Gasteiger partial charge is 0.0575 e. The first-order chi connectivity index (χ1) is 11.8. The predicted molar refractivity (Wildman–Crippen MR) is 104 cm³/mol. The lowest BCUT2D eigenvalue weighted by Gasteiger charge is -2.26. The molecule has 1 heteroatoms. The Labute approximate surface area is 149 Å². The van der Waals surface area contributed by atoms with E-state index in [4.69, 9.17) is 4.74 Å². The normalized spacial score (nSPS) is 31.2. The monoisotopic (exact) mass is 328 g/mol. The van der Waals surface area contributed by atoms with Crippen molar-refractivity contribution in [1.82, 2.24) is 0 Å². The van der Waals surface area contributed by atoms with Crippen LogP contribution < -0.4 is 0 Å². The summed E-state index contributed by atoms with van der Waals surface area (Å²) in [6.45, 7) is 5.24. The topological polar surface area (TPSA) is 9.23 Å². The molecule has 0 unspecified atom stereocenters. The summed E-state index contributed by atoms with van der Waals surface area (Å²) in [4.78, 5) is 0. The van der Waals surface area contributed by atoms with E-state index in [1.807, 2.05) is 0 Å². The van der Waals surface area contributed by atoms with Gasteiger partial charge in [0.25, 0.3) is 0 Å². The molecule has 0 amide bonds. The molecule has 0 heterocycles. The number of ether oxygens (including phenoxy) is 1. The van der Waals surface area contributed by atoms with Gasteiger partial charge in [0.05, 0.1) is 6.10 Å². The van der Waals surface area contributed by atoms with E-state index >= 15 is 0 Å². The minimum absolute atomic E-state index is 0.501. The van der Waals surface area contributed by atoms with Crippen molar-refractivity contribution in [3.8, 4) is 11.8 Å². The zero-order chi connectivity index (χ0) is 17.0. The van der Waals surface area contributed by atoms with Gasteiger partial charge in [-0.15, -0.1) is 0 Å². The van der Waals surface area contributed by atoms with Crippen LogP contribution in [0.1, 0.15) is 78.1 Å². The van der Waals surface area contributed by atoms with Crippen LogP contribution in [0.2, 0.25) is 0 Å². The molecule has 24 heavy (non-hydrogen) atoms. The third-order valence-electron chi connectivity index (χ3n) is 5.70. The van der Waals surface area contributed by atoms with Crippen molar-refractivity contribution >= 4 is 0 Å². The third-order valence-corrected chi connectivity index (χ3v) is 5.70. The van der Waals surface area contributed by atoms with Crippen LogP contribution in [0.15, 0.2) is 24.3 Å². The predicted octanol–water partition coefficient (Wildman–Crippen LogP) is 6.30. The Morgan fingerprint density at radius 3 is 1.83 bits per heavy atom. The lowest BCUT2D eigenvalue weighted by Crippen LogP contribution is -2.20. The average molecular weight is 329 g/mol. The summed E-state index contributed by atoms with van der Waals surface area (Å²) in [6.07, 6.45) is 22.5. The summed E-state index contributed by atoms with van der Waals surface area (Å²) in [7, 11) is 0. The van der Waals surface area contributed by atoms with Crippen LogP contribution in [0.25, 0.3) is 0 Å². The molecule has 0 atom stereocenters. The van der Waals surface area contributed by atoms with Crippen molar-refractivity contribution in [3.63, 3.8) is 0 Å². The van der Waals surface area contributed by atoms with Gasteiger partial charge in [0.1, 0.15) is 0 Å². The van der Waals surface area contributed by atoms with Gasteiger partial charge >= 0.3 is 0 Å². The molecule has 0 aliphatic heterocycles. The van der Waals surface area contributed by atoms with Gasteiger partial charge in [0.15, 0.2) is 0 Å². The quantitative estimate of drug-likeness (QED) is 0.520. The molecule has 0 spiro atoms. The molecular formula is C23H36O. The maximum absolute atomic E-state index is 5.71. The highest BCUT2D eigenvalue weighted by Crippen LogP contribution is 2.32. The largest absolute Gasteiger partial charge is 0.379 e. The fourth-order valence-corrected chi connectivity index (χ4v) is 4.23. The second-order valence-corrected chi connectivity index (χ2v) is 7.57. The summed E-state index contributed by atoms with van der Waals surface area (Å²) in [5.74, 6) is 8.85. The van der Waals surface area contributed by atoms with E-state index in [1.165, 1.54) is 64.2 Å². The average Bonchev–Trinajstić information content (AvgIpc) is 2.61. The molecule has 2 fully saturated rings. The molecule has 2 saturated carbocycles. The lowest BCUT2D eigenvalue weighted by molar-refractivity contribution is 0.0302. The van der Waals surface area contributed by atoms with Gasteiger partial charge in [-0.25, -0.2) is 0 Å². The zero-order valence-corrected chi connectivity index (χ0v) is 15.8. The van der Waals surface area contributed by atoms with E-state index in [9.17, 15) is 0 Å². The third kappa shape index (κ3) is 7.27. The molecule has 0 saturated heterocycles. The Kier molecular flexibility index (Phi) is 9.29. The van der Waals surface area contributed by atoms with Gasteiger partial charge in [-0.1, -0.05) is 43.8 Å². The number of allylic oxidation sites excluding steroid dienone is 4. The standard InChI is InChI=1S/C23H36O/c1-3-9-20-12-14-21(15-13-20)10-7-5-6-8-11-22-16-18-23(19-17-22)24-4-2/h7-8,10-11,20-23H,3-4,9,12-19H2,1-2H3/b10-7+,11-8+.